The van der Waals surface area contributed by atoms with Gasteiger partial charge in [-0.25, -0.2) is 18.0 Å². The number of rotatable bonds is 5. The number of piperidine rings is 1. The lowest BCUT2D eigenvalue weighted by Crippen LogP contribution is -2.55. The van der Waals surface area contributed by atoms with Gasteiger partial charge in [-0.3, -0.25) is 19.2 Å². The normalized spacial score (nSPS) is 30.1. The molecule has 1 aromatic heterocycles. The molecule has 0 radical (unpaired) electrons. The van der Waals surface area contributed by atoms with Crippen LogP contribution in [0.15, 0.2) is 15.4 Å². The van der Waals surface area contributed by atoms with Gasteiger partial charge in [-0.1, -0.05) is 13.3 Å². The number of fused-ring (bicyclic) bond motifs is 1. The quantitative estimate of drug-likeness (QED) is 0.748. The summed E-state index contributed by atoms with van der Waals surface area (Å²) >= 11 is 0. The predicted molar refractivity (Wildman–Crippen MR) is 105 cm³/mol. The molecule has 0 aromatic carbocycles. The van der Waals surface area contributed by atoms with Gasteiger partial charge in [-0.15, -0.1) is 0 Å². The number of H-pyrrole nitrogens is 1. The third kappa shape index (κ3) is 3.34. The molecule has 10 heteroatoms. The van der Waals surface area contributed by atoms with Gasteiger partial charge in [0.1, 0.15) is 11.9 Å². The van der Waals surface area contributed by atoms with Crippen LogP contribution >= 0.6 is 0 Å². The van der Waals surface area contributed by atoms with Crippen molar-refractivity contribution in [1.29, 1.82) is 0 Å². The second-order valence-electron chi connectivity index (χ2n) is 8.40. The Morgan fingerprint density at radius 2 is 1.97 bits per heavy atom. The van der Waals surface area contributed by atoms with Gasteiger partial charge in [0.05, 0.1) is 22.9 Å². The molecule has 1 saturated heterocycles. The first-order chi connectivity index (χ1) is 14.3. The van der Waals surface area contributed by atoms with Crippen LogP contribution in [0.4, 0.5) is 13.2 Å². The van der Waals surface area contributed by atoms with Gasteiger partial charge in [0.15, 0.2) is 0 Å². The van der Waals surface area contributed by atoms with Crippen molar-refractivity contribution in [2.24, 2.45) is 11.7 Å². The Kier molecular flexibility index (Phi) is 5.67. The number of alkyl halides is 2. The lowest BCUT2D eigenvalue weighted by atomic mass is 9.84. The number of likely N-dealkylation sites (tertiary alicyclic amines) is 1. The van der Waals surface area contributed by atoms with Crippen LogP contribution < -0.4 is 17.0 Å². The molecular weight excluding hydrogens is 401 g/mol. The first-order valence-corrected chi connectivity index (χ1v) is 10.4. The van der Waals surface area contributed by atoms with Gasteiger partial charge in [-0.2, -0.15) is 0 Å². The van der Waals surface area contributed by atoms with Crippen molar-refractivity contribution in [3.05, 3.63) is 37.9 Å². The number of aromatic nitrogens is 2. The molecular formula is C20H27F3N4O3. The molecule has 0 spiro atoms. The first kappa shape index (κ1) is 21.3. The van der Waals surface area contributed by atoms with Crippen LogP contribution in [0.5, 0.6) is 0 Å². The smallest absolute Gasteiger partial charge is 0.328 e. The van der Waals surface area contributed by atoms with E-state index in [1.807, 2.05) is 6.92 Å². The fourth-order valence-corrected chi connectivity index (χ4v) is 4.98. The van der Waals surface area contributed by atoms with E-state index < -0.39 is 46.8 Å². The maximum absolute atomic E-state index is 15.6. The zero-order chi connectivity index (χ0) is 21.7. The van der Waals surface area contributed by atoms with E-state index in [4.69, 9.17) is 10.5 Å². The highest BCUT2D eigenvalue weighted by Crippen LogP contribution is 2.46. The highest BCUT2D eigenvalue weighted by molar-refractivity contribution is 5.74. The summed E-state index contributed by atoms with van der Waals surface area (Å²) in [5.41, 5.74) is 3.18. The number of halogens is 3. The van der Waals surface area contributed by atoms with Crippen LogP contribution in [0.1, 0.15) is 56.0 Å². The minimum atomic E-state index is -3.21. The lowest BCUT2D eigenvalue weighted by Gasteiger charge is -2.45. The van der Waals surface area contributed by atoms with Gasteiger partial charge in [-0.05, 0) is 31.7 Å². The van der Waals surface area contributed by atoms with Crippen molar-refractivity contribution >= 4 is 5.57 Å². The van der Waals surface area contributed by atoms with Crippen molar-refractivity contribution in [2.75, 3.05) is 20.2 Å². The third-order valence-electron chi connectivity index (χ3n) is 6.66. The molecule has 0 bridgehead atoms. The second kappa shape index (κ2) is 7.97. The maximum atomic E-state index is 15.6. The second-order valence-corrected chi connectivity index (χ2v) is 8.40. The molecule has 1 saturated carbocycles. The summed E-state index contributed by atoms with van der Waals surface area (Å²) < 4.78 is 50.5. The Morgan fingerprint density at radius 3 is 2.50 bits per heavy atom. The first-order valence-electron chi connectivity index (χ1n) is 10.4. The summed E-state index contributed by atoms with van der Waals surface area (Å²) in [4.78, 5) is 28.9. The third-order valence-corrected chi connectivity index (χ3v) is 6.66. The molecule has 1 aliphatic heterocycles. The molecule has 166 valence electrons. The van der Waals surface area contributed by atoms with Gasteiger partial charge < -0.3 is 10.5 Å². The Hall–Kier alpha value is -1.91. The van der Waals surface area contributed by atoms with Gasteiger partial charge in [0, 0.05) is 25.7 Å². The average Bonchev–Trinajstić information content (AvgIpc) is 3.52. The predicted octanol–water partition coefficient (Wildman–Crippen LogP) is 1.95. The van der Waals surface area contributed by atoms with Crippen molar-refractivity contribution < 1.29 is 17.9 Å². The number of allylic oxidation sites excluding steroid dienone is 1. The molecule has 2 aliphatic carbocycles. The number of aromatic amines is 1. The molecule has 4 rings (SSSR count). The Balaban J connectivity index is 1.90. The highest BCUT2D eigenvalue weighted by Gasteiger charge is 2.48. The summed E-state index contributed by atoms with van der Waals surface area (Å²) in [7, 11) is 1.34. The molecule has 2 heterocycles. The van der Waals surface area contributed by atoms with E-state index in [0.29, 0.717) is 32.4 Å². The maximum Gasteiger partial charge on any atom is 0.328 e. The van der Waals surface area contributed by atoms with E-state index in [1.165, 1.54) is 11.7 Å². The van der Waals surface area contributed by atoms with Crippen LogP contribution in [0.3, 0.4) is 0 Å². The van der Waals surface area contributed by atoms with E-state index in [2.05, 4.69) is 4.98 Å². The van der Waals surface area contributed by atoms with Crippen LogP contribution in [0.2, 0.25) is 0 Å². The molecule has 1 aromatic rings. The molecule has 3 aliphatic rings. The standard InChI is InChI=1S/C20H27F3N4O3/c1-3-9-6-7-26(8-11(9)24)16-14(21)12(18(22)23)13-15(17(16)30-2)27(10-4-5-10)20(29)25-19(13)28/h9-11,16-18H,3-8,24H2,1-2H3,(H,25,28,29). The summed E-state index contributed by atoms with van der Waals surface area (Å²) in [6.45, 7) is 2.82. The zero-order valence-corrected chi connectivity index (χ0v) is 17.0. The van der Waals surface area contributed by atoms with E-state index in [1.54, 1.807) is 4.90 Å². The number of ether oxygens (including phenoxy) is 1. The summed E-state index contributed by atoms with van der Waals surface area (Å²) in [6.07, 6.45) is -1.32. The van der Waals surface area contributed by atoms with Gasteiger partial charge in [0.2, 0.25) is 0 Å². The average molecular weight is 428 g/mol. The van der Waals surface area contributed by atoms with Crippen molar-refractivity contribution in [3.8, 4) is 0 Å². The van der Waals surface area contributed by atoms with Crippen LogP contribution in [-0.2, 0) is 4.74 Å². The lowest BCUT2D eigenvalue weighted by molar-refractivity contribution is -0.00643. The fourth-order valence-electron chi connectivity index (χ4n) is 4.98. The number of methoxy groups -OCH3 is 1. The van der Waals surface area contributed by atoms with Crippen LogP contribution in [0, 0.1) is 5.92 Å². The van der Waals surface area contributed by atoms with Crippen LogP contribution in [0.25, 0.3) is 5.57 Å². The monoisotopic (exact) mass is 428 g/mol. The number of nitrogens with zero attached hydrogens (tertiary/aromatic N) is 2. The summed E-state index contributed by atoms with van der Waals surface area (Å²) in [6, 6.07) is -1.61. The number of nitrogens with two attached hydrogens (primary N) is 1. The van der Waals surface area contributed by atoms with Crippen molar-refractivity contribution in [2.45, 2.75) is 63.3 Å². The molecule has 4 unspecified atom stereocenters. The van der Waals surface area contributed by atoms with E-state index in [-0.39, 0.29) is 23.7 Å². The molecule has 4 atom stereocenters. The van der Waals surface area contributed by atoms with Crippen molar-refractivity contribution in [1.82, 2.24) is 14.5 Å². The highest BCUT2D eigenvalue weighted by atomic mass is 19.3. The molecule has 7 nitrogen and oxygen atoms in total. The van der Waals surface area contributed by atoms with E-state index in [0.717, 1.165) is 6.42 Å². The fraction of sp³-hybridized carbons (Fsp3) is 0.700. The number of hydrogen-bond donors (Lipinski definition) is 2. The summed E-state index contributed by atoms with van der Waals surface area (Å²) in [5.74, 6) is -0.815. The van der Waals surface area contributed by atoms with Gasteiger partial charge >= 0.3 is 5.69 Å². The Bertz CT molecular complexity index is 969. The molecule has 0 amide bonds. The Labute approximate surface area is 171 Å². The minimum absolute atomic E-state index is 0.0432. The SMILES string of the molecule is CCC1CCN(C2C(F)=C(C(F)F)c3c(n(C4CC4)c(=O)[nH]c3=O)C2OC)CC1N. The largest absolute Gasteiger partial charge is 0.373 e. The minimum Gasteiger partial charge on any atom is -0.373 e. The number of hydrogen-bond acceptors (Lipinski definition) is 5. The van der Waals surface area contributed by atoms with Crippen molar-refractivity contribution in [3.63, 3.8) is 0 Å². The van der Waals surface area contributed by atoms with Gasteiger partial charge in [0.25, 0.3) is 12.0 Å². The van der Waals surface area contributed by atoms with Crippen LogP contribution in [-0.4, -0.2) is 53.2 Å². The molecule has 2 fully saturated rings. The molecule has 3 N–H and O–H groups in total. The summed E-state index contributed by atoms with van der Waals surface area (Å²) in [5, 5.41) is 0. The molecule has 30 heavy (non-hydrogen) atoms. The number of nitrogens with one attached hydrogen (secondary N) is 1. The zero-order valence-electron chi connectivity index (χ0n) is 17.0. The topological polar surface area (TPSA) is 93.3 Å². The van der Waals surface area contributed by atoms with E-state index >= 15 is 4.39 Å². The van der Waals surface area contributed by atoms with E-state index in [9.17, 15) is 18.4 Å². The Morgan fingerprint density at radius 1 is 1.27 bits per heavy atom.